The quantitative estimate of drug-likeness (QED) is 0.481. The van der Waals surface area contributed by atoms with Crippen LogP contribution in [-0.4, -0.2) is 11.1 Å². The minimum Gasteiger partial charge on any atom is -0.867 e. The molecular weight excluding hydrogens is 336 g/mol. The molecule has 0 bridgehead atoms. The maximum absolute atomic E-state index is 12.0. The van der Waals surface area contributed by atoms with Gasteiger partial charge in [-0.15, -0.1) is 0 Å². The van der Waals surface area contributed by atoms with Crippen LogP contribution in [0.15, 0.2) is 39.8 Å². The zero-order valence-electron chi connectivity index (χ0n) is 11.5. The second-order valence-corrected chi connectivity index (χ2v) is 5.56. The number of aliphatic imine (C=N–C) groups is 1. The van der Waals surface area contributed by atoms with Gasteiger partial charge in [0.15, 0.2) is 0 Å². The van der Waals surface area contributed by atoms with E-state index in [2.05, 4.69) is 20.9 Å². The molecule has 0 fully saturated rings. The predicted octanol–water partition coefficient (Wildman–Crippen LogP) is 3.80. The van der Waals surface area contributed by atoms with Gasteiger partial charge in [0.1, 0.15) is 0 Å². The van der Waals surface area contributed by atoms with E-state index in [1.165, 1.54) is 18.3 Å². The highest BCUT2D eigenvalue weighted by Crippen LogP contribution is 2.30. The van der Waals surface area contributed by atoms with E-state index < -0.39 is 16.4 Å². The molecule has 2 aromatic rings. The zero-order chi connectivity index (χ0) is 15.6. The number of nitrogens with zero attached hydrogens (tertiary/aromatic N) is 2. The van der Waals surface area contributed by atoms with Gasteiger partial charge in [0, 0.05) is 16.8 Å². The summed E-state index contributed by atoms with van der Waals surface area (Å²) >= 11 is 3.16. The molecule has 0 saturated heterocycles. The van der Waals surface area contributed by atoms with Gasteiger partial charge in [0.25, 0.3) is 5.69 Å². The van der Waals surface area contributed by atoms with Gasteiger partial charge < -0.3 is 5.11 Å². The van der Waals surface area contributed by atoms with Crippen LogP contribution in [0.2, 0.25) is 0 Å². The van der Waals surface area contributed by atoms with Gasteiger partial charge >= 0.3 is 0 Å². The van der Waals surface area contributed by atoms with Crippen LogP contribution in [-0.2, 0) is 0 Å². The van der Waals surface area contributed by atoms with Gasteiger partial charge in [0.05, 0.1) is 10.6 Å². The molecule has 0 amide bonds. The lowest BCUT2D eigenvalue weighted by atomic mass is 10.1. The lowest BCUT2D eigenvalue weighted by Gasteiger charge is -2.11. The number of nitro benzene ring substituents is 1. The van der Waals surface area contributed by atoms with Crippen LogP contribution in [0.5, 0.6) is 5.75 Å². The van der Waals surface area contributed by atoms with Crippen LogP contribution in [0.4, 0.5) is 11.4 Å². The summed E-state index contributed by atoms with van der Waals surface area (Å²) in [6.45, 7) is 3.86. The molecule has 0 N–H and O–H groups in total. The predicted molar refractivity (Wildman–Crippen MR) is 83.4 cm³/mol. The van der Waals surface area contributed by atoms with Gasteiger partial charge in [0.2, 0.25) is 0 Å². The third kappa shape index (κ3) is 3.46. The van der Waals surface area contributed by atoms with Crippen molar-refractivity contribution >= 4 is 33.5 Å². The van der Waals surface area contributed by atoms with E-state index in [-0.39, 0.29) is 5.56 Å². The van der Waals surface area contributed by atoms with Crippen molar-refractivity contribution in [2.45, 2.75) is 13.8 Å². The molecule has 0 saturated carbocycles. The van der Waals surface area contributed by atoms with E-state index in [4.69, 9.17) is 0 Å². The Balaban J connectivity index is 2.46. The lowest BCUT2D eigenvalue weighted by Crippen LogP contribution is -2.02. The molecule has 2 aromatic carbocycles. The number of aryl methyl sites for hydroxylation is 2. The highest BCUT2D eigenvalue weighted by Gasteiger charge is 2.11. The Hall–Kier alpha value is -2.21. The maximum Gasteiger partial charge on any atom is 0.263 e. The van der Waals surface area contributed by atoms with E-state index in [9.17, 15) is 15.2 Å². The summed E-state index contributed by atoms with van der Waals surface area (Å²) in [6.07, 6.45) is 1.36. The van der Waals surface area contributed by atoms with Crippen LogP contribution in [0.1, 0.15) is 16.7 Å². The van der Waals surface area contributed by atoms with Crippen LogP contribution in [0, 0.1) is 24.0 Å². The minimum atomic E-state index is -0.692. The number of hydrogen-bond acceptors (Lipinski definition) is 4. The molecule has 21 heavy (non-hydrogen) atoms. The summed E-state index contributed by atoms with van der Waals surface area (Å²) in [5, 5.41) is 22.8. The first-order valence-electron chi connectivity index (χ1n) is 6.15. The van der Waals surface area contributed by atoms with Crippen molar-refractivity contribution in [2.75, 3.05) is 0 Å². The SMILES string of the molecule is Cc1ccc(C)c(N=Cc2cc(Br)cc([N+](=O)[O-])c2[O-])c1. The van der Waals surface area contributed by atoms with Gasteiger partial charge in [-0.25, -0.2) is 0 Å². The van der Waals surface area contributed by atoms with E-state index in [0.29, 0.717) is 4.47 Å². The zero-order valence-corrected chi connectivity index (χ0v) is 13.0. The standard InChI is InChI=1S/C15H13BrN2O3/c1-9-3-4-10(2)13(5-9)17-8-11-6-12(16)7-14(15(11)19)18(20)21/h3-8,19H,1-2H3/p-1. The fraction of sp³-hybridized carbons (Fsp3) is 0.133. The smallest absolute Gasteiger partial charge is 0.263 e. The summed E-state index contributed by atoms with van der Waals surface area (Å²) in [5.74, 6) is -0.641. The molecule has 6 heteroatoms. The average molecular weight is 348 g/mol. The number of halogens is 1. The summed E-state index contributed by atoms with van der Waals surface area (Å²) in [6, 6.07) is 8.51. The summed E-state index contributed by atoms with van der Waals surface area (Å²) in [5.41, 5.74) is 2.46. The molecule has 108 valence electrons. The van der Waals surface area contributed by atoms with Crippen LogP contribution < -0.4 is 5.11 Å². The van der Waals surface area contributed by atoms with Crippen molar-refractivity contribution < 1.29 is 10.0 Å². The van der Waals surface area contributed by atoms with Crippen molar-refractivity contribution in [3.63, 3.8) is 0 Å². The molecule has 0 atom stereocenters. The number of nitro groups is 1. The van der Waals surface area contributed by atoms with Crippen molar-refractivity contribution in [3.05, 3.63) is 61.6 Å². The van der Waals surface area contributed by atoms with Crippen molar-refractivity contribution in [2.24, 2.45) is 4.99 Å². The first kappa shape index (κ1) is 15.2. The first-order chi connectivity index (χ1) is 9.88. The third-order valence-electron chi connectivity index (χ3n) is 2.97. The minimum absolute atomic E-state index is 0.178. The molecule has 0 heterocycles. The lowest BCUT2D eigenvalue weighted by molar-refractivity contribution is -0.398. The monoisotopic (exact) mass is 347 g/mol. The number of hydrogen-bond donors (Lipinski definition) is 0. The van der Waals surface area contributed by atoms with E-state index >= 15 is 0 Å². The highest BCUT2D eigenvalue weighted by atomic mass is 79.9. The number of benzene rings is 2. The second-order valence-electron chi connectivity index (χ2n) is 4.65. The Labute approximate surface area is 130 Å². The average Bonchev–Trinajstić information content (AvgIpc) is 2.42. The fourth-order valence-electron chi connectivity index (χ4n) is 1.83. The first-order valence-corrected chi connectivity index (χ1v) is 6.94. The Kier molecular flexibility index (Phi) is 4.37. The molecule has 0 radical (unpaired) electrons. The molecule has 0 aliphatic rings. The molecule has 0 unspecified atom stereocenters. The normalized spacial score (nSPS) is 11.0. The highest BCUT2D eigenvalue weighted by molar-refractivity contribution is 9.10. The molecule has 0 aromatic heterocycles. The van der Waals surface area contributed by atoms with Crippen LogP contribution >= 0.6 is 15.9 Å². The number of rotatable bonds is 3. The topological polar surface area (TPSA) is 78.6 Å². The Morgan fingerprint density at radius 3 is 2.62 bits per heavy atom. The maximum atomic E-state index is 12.0. The molecule has 0 aliphatic carbocycles. The van der Waals surface area contributed by atoms with E-state index in [1.54, 1.807) is 0 Å². The fourth-order valence-corrected chi connectivity index (χ4v) is 2.29. The van der Waals surface area contributed by atoms with Crippen LogP contribution in [0.25, 0.3) is 0 Å². The van der Waals surface area contributed by atoms with Crippen molar-refractivity contribution in [1.82, 2.24) is 0 Å². The Morgan fingerprint density at radius 1 is 1.24 bits per heavy atom. The van der Waals surface area contributed by atoms with E-state index in [1.807, 2.05) is 32.0 Å². The molecule has 2 rings (SSSR count). The van der Waals surface area contributed by atoms with Crippen molar-refractivity contribution in [3.8, 4) is 5.75 Å². The van der Waals surface area contributed by atoms with Gasteiger partial charge in [-0.3, -0.25) is 15.1 Å². The van der Waals surface area contributed by atoms with Crippen LogP contribution in [0.3, 0.4) is 0 Å². The second kappa shape index (κ2) is 6.05. The Morgan fingerprint density at radius 2 is 1.95 bits per heavy atom. The summed E-state index contributed by atoms with van der Waals surface area (Å²) < 4.78 is 0.469. The summed E-state index contributed by atoms with van der Waals surface area (Å²) in [4.78, 5) is 14.4. The Bertz CT molecular complexity index is 742. The van der Waals surface area contributed by atoms with E-state index in [0.717, 1.165) is 16.8 Å². The van der Waals surface area contributed by atoms with Crippen molar-refractivity contribution in [1.29, 1.82) is 0 Å². The molecule has 0 spiro atoms. The molecular formula is C15H12BrN2O3-. The largest absolute Gasteiger partial charge is 0.867 e. The van der Waals surface area contributed by atoms with Gasteiger partial charge in [-0.05, 0) is 48.4 Å². The summed E-state index contributed by atoms with van der Waals surface area (Å²) in [7, 11) is 0. The molecule has 0 aliphatic heterocycles. The third-order valence-corrected chi connectivity index (χ3v) is 3.42. The van der Waals surface area contributed by atoms with Gasteiger partial charge in [-0.2, -0.15) is 0 Å². The van der Waals surface area contributed by atoms with Gasteiger partial charge in [-0.1, -0.05) is 28.1 Å². The molecule has 5 nitrogen and oxygen atoms in total.